The normalized spacial score (nSPS) is 10.3. The van der Waals surface area contributed by atoms with Gasteiger partial charge >= 0.3 is 5.69 Å². The standard InChI is InChI=1S/C13H8F3NO3/c14-8-4-5-12(17(18)19)13(6-8)20-7-9-10(15)2-1-3-11(9)16/h1-6H,7H2. The van der Waals surface area contributed by atoms with Gasteiger partial charge in [-0.25, -0.2) is 13.2 Å². The maximum atomic E-state index is 13.4. The predicted molar refractivity (Wildman–Crippen MR) is 63.7 cm³/mol. The van der Waals surface area contributed by atoms with Crippen molar-refractivity contribution in [3.63, 3.8) is 0 Å². The van der Waals surface area contributed by atoms with Crippen LogP contribution in [0.15, 0.2) is 36.4 Å². The first kappa shape index (κ1) is 13.9. The van der Waals surface area contributed by atoms with Gasteiger partial charge < -0.3 is 4.74 Å². The van der Waals surface area contributed by atoms with Crippen LogP contribution < -0.4 is 4.74 Å². The van der Waals surface area contributed by atoms with Gasteiger partial charge in [0.1, 0.15) is 24.1 Å². The van der Waals surface area contributed by atoms with Crippen LogP contribution in [0.4, 0.5) is 18.9 Å². The summed E-state index contributed by atoms with van der Waals surface area (Å²) < 4.78 is 44.7. The number of nitrogens with zero attached hydrogens (tertiary/aromatic N) is 1. The average Bonchev–Trinajstić information content (AvgIpc) is 2.37. The molecule has 0 N–H and O–H groups in total. The lowest BCUT2D eigenvalue weighted by molar-refractivity contribution is -0.386. The van der Waals surface area contributed by atoms with Gasteiger partial charge in [0.05, 0.1) is 10.5 Å². The second kappa shape index (κ2) is 5.60. The molecular formula is C13H8F3NO3. The third-order valence-corrected chi connectivity index (χ3v) is 2.55. The van der Waals surface area contributed by atoms with Crippen LogP contribution >= 0.6 is 0 Å². The molecule has 0 radical (unpaired) electrons. The topological polar surface area (TPSA) is 52.4 Å². The summed E-state index contributed by atoms with van der Waals surface area (Å²) in [4.78, 5) is 9.96. The fourth-order valence-electron chi connectivity index (χ4n) is 1.57. The summed E-state index contributed by atoms with van der Waals surface area (Å²) in [6, 6.07) is 5.84. The van der Waals surface area contributed by atoms with E-state index < -0.39 is 40.4 Å². The number of hydrogen-bond donors (Lipinski definition) is 0. The summed E-state index contributed by atoms with van der Waals surface area (Å²) in [7, 11) is 0. The van der Waals surface area contributed by atoms with Crippen LogP contribution in [0.25, 0.3) is 0 Å². The summed E-state index contributed by atoms with van der Waals surface area (Å²) in [5.41, 5.74) is -0.866. The Morgan fingerprint density at radius 2 is 1.75 bits per heavy atom. The Morgan fingerprint density at radius 3 is 2.35 bits per heavy atom. The van der Waals surface area contributed by atoms with E-state index in [-0.39, 0.29) is 5.56 Å². The smallest absolute Gasteiger partial charge is 0.311 e. The van der Waals surface area contributed by atoms with E-state index in [0.717, 1.165) is 30.3 Å². The highest BCUT2D eigenvalue weighted by molar-refractivity contribution is 5.46. The van der Waals surface area contributed by atoms with Gasteiger partial charge in [0.15, 0.2) is 5.75 Å². The van der Waals surface area contributed by atoms with Crippen LogP contribution in [0.1, 0.15) is 5.56 Å². The summed E-state index contributed by atoms with van der Waals surface area (Å²) in [5.74, 6) is -2.83. The minimum absolute atomic E-state index is 0.383. The number of ether oxygens (including phenoxy) is 1. The van der Waals surface area contributed by atoms with Crippen molar-refractivity contribution < 1.29 is 22.8 Å². The van der Waals surface area contributed by atoms with E-state index in [1.54, 1.807) is 0 Å². The highest BCUT2D eigenvalue weighted by Gasteiger charge is 2.17. The molecule has 0 saturated carbocycles. The molecule has 2 aromatic rings. The van der Waals surface area contributed by atoms with Crippen molar-refractivity contribution in [3.8, 4) is 5.75 Å². The molecule has 0 aliphatic rings. The monoisotopic (exact) mass is 283 g/mol. The predicted octanol–water partition coefficient (Wildman–Crippen LogP) is 3.59. The van der Waals surface area contributed by atoms with Crippen molar-refractivity contribution in [2.75, 3.05) is 0 Å². The number of halogens is 3. The van der Waals surface area contributed by atoms with Crippen LogP contribution in [-0.2, 0) is 6.61 Å². The van der Waals surface area contributed by atoms with Crippen LogP contribution in [0.2, 0.25) is 0 Å². The largest absolute Gasteiger partial charge is 0.482 e. The summed E-state index contributed by atoms with van der Waals surface area (Å²) in [5, 5.41) is 10.7. The Labute approximate surface area is 111 Å². The van der Waals surface area contributed by atoms with E-state index in [4.69, 9.17) is 4.74 Å². The first-order chi connectivity index (χ1) is 9.49. The van der Waals surface area contributed by atoms with Crippen LogP contribution in [-0.4, -0.2) is 4.92 Å². The third kappa shape index (κ3) is 2.87. The molecule has 0 fully saturated rings. The molecule has 104 valence electrons. The van der Waals surface area contributed by atoms with E-state index in [9.17, 15) is 23.3 Å². The van der Waals surface area contributed by atoms with Crippen molar-refractivity contribution in [2.45, 2.75) is 6.61 Å². The molecule has 0 atom stereocenters. The van der Waals surface area contributed by atoms with Crippen LogP contribution in [0, 0.1) is 27.6 Å². The Kier molecular flexibility index (Phi) is 3.88. The van der Waals surface area contributed by atoms with Crippen molar-refractivity contribution in [1.82, 2.24) is 0 Å². The molecule has 0 aromatic heterocycles. The summed E-state index contributed by atoms with van der Waals surface area (Å²) in [6.45, 7) is -0.581. The molecule has 2 aromatic carbocycles. The molecule has 2 rings (SSSR count). The van der Waals surface area contributed by atoms with Gasteiger partial charge in [-0.3, -0.25) is 10.1 Å². The number of benzene rings is 2. The first-order valence-electron chi connectivity index (χ1n) is 5.48. The van der Waals surface area contributed by atoms with Crippen molar-refractivity contribution in [1.29, 1.82) is 0 Å². The first-order valence-corrected chi connectivity index (χ1v) is 5.48. The highest BCUT2D eigenvalue weighted by atomic mass is 19.1. The number of nitro benzene ring substituents is 1. The lowest BCUT2D eigenvalue weighted by Crippen LogP contribution is -2.03. The Balaban J connectivity index is 2.27. The summed E-state index contributed by atoms with van der Waals surface area (Å²) in [6.07, 6.45) is 0. The molecule has 0 unspecified atom stereocenters. The number of nitro groups is 1. The van der Waals surface area contributed by atoms with Gasteiger partial charge in [-0.15, -0.1) is 0 Å². The zero-order valence-electron chi connectivity index (χ0n) is 9.98. The highest BCUT2D eigenvalue weighted by Crippen LogP contribution is 2.28. The quantitative estimate of drug-likeness (QED) is 0.636. The van der Waals surface area contributed by atoms with Crippen molar-refractivity contribution >= 4 is 5.69 Å². The Morgan fingerprint density at radius 1 is 1.10 bits per heavy atom. The minimum atomic E-state index is -0.843. The Bertz CT molecular complexity index is 641. The van der Waals surface area contributed by atoms with E-state index in [0.29, 0.717) is 0 Å². The molecule has 0 amide bonds. The number of rotatable bonds is 4. The van der Waals surface area contributed by atoms with Crippen molar-refractivity contribution in [3.05, 3.63) is 69.5 Å². The molecule has 0 saturated heterocycles. The molecule has 0 spiro atoms. The molecule has 4 nitrogen and oxygen atoms in total. The van der Waals surface area contributed by atoms with Crippen LogP contribution in [0.5, 0.6) is 5.75 Å². The van der Waals surface area contributed by atoms with Crippen LogP contribution in [0.3, 0.4) is 0 Å². The van der Waals surface area contributed by atoms with Gasteiger partial charge in [0, 0.05) is 12.1 Å². The zero-order chi connectivity index (χ0) is 14.7. The molecule has 20 heavy (non-hydrogen) atoms. The molecule has 0 aliphatic carbocycles. The third-order valence-electron chi connectivity index (χ3n) is 2.55. The van der Waals surface area contributed by atoms with Gasteiger partial charge in [-0.05, 0) is 18.2 Å². The molecule has 0 bridgehead atoms. The lowest BCUT2D eigenvalue weighted by Gasteiger charge is -2.08. The SMILES string of the molecule is O=[N+]([O-])c1ccc(F)cc1OCc1c(F)cccc1F. The van der Waals surface area contributed by atoms with E-state index in [2.05, 4.69) is 0 Å². The van der Waals surface area contributed by atoms with Crippen molar-refractivity contribution in [2.24, 2.45) is 0 Å². The van der Waals surface area contributed by atoms with E-state index in [1.165, 1.54) is 6.07 Å². The van der Waals surface area contributed by atoms with Gasteiger partial charge in [0.2, 0.25) is 0 Å². The maximum absolute atomic E-state index is 13.4. The van der Waals surface area contributed by atoms with Gasteiger partial charge in [-0.2, -0.15) is 0 Å². The molecule has 7 heteroatoms. The van der Waals surface area contributed by atoms with E-state index in [1.807, 2.05) is 0 Å². The summed E-state index contributed by atoms with van der Waals surface area (Å²) >= 11 is 0. The lowest BCUT2D eigenvalue weighted by atomic mass is 10.2. The zero-order valence-corrected chi connectivity index (χ0v) is 9.98. The second-order valence-corrected chi connectivity index (χ2v) is 3.86. The second-order valence-electron chi connectivity index (χ2n) is 3.86. The fourth-order valence-corrected chi connectivity index (χ4v) is 1.57. The van der Waals surface area contributed by atoms with E-state index >= 15 is 0 Å². The molecule has 0 aliphatic heterocycles. The Hall–Kier alpha value is -2.57. The number of hydrogen-bond acceptors (Lipinski definition) is 3. The maximum Gasteiger partial charge on any atom is 0.311 e. The minimum Gasteiger partial charge on any atom is -0.482 e. The average molecular weight is 283 g/mol. The van der Waals surface area contributed by atoms with Gasteiger partial charge in [-0.1, -0.05) is 6.07 Å². The molecule has 0 heterocycles. The molecular weight excluding hydrogens is 275 g/mol. The van der Waals surface area contributed by atoms with Gasteiger partial charge in [0.25, 0.3) is 0 Å². The fraction of sp³-hybridized carbons (Fsp3) is 0.0769.